The van der Waals surface area contributed by atoms with Gasteiger partial charge in [-0.1, -0.05) is 31.2 Å². The Morgan fingerprint density at radius 2 is 2.12 bits per heavy atom. The molecule has 0 aliphatic heterocycles. The van der Waals surface area contributed by atoms with Crippen LogP contribution in [0.1, 0.15) is 31.7 Å². The second kappa shape index (κ2) is 5.67. The van der Waals surface area contributed by atoms with Crippen LogP contribution in [0.25, 0.3) is 0 Å². The Bertz CT molecular complexity index is 366. The van der Waals surface area contributed by atoms with E-state index in [1.54, 1.807) is 6.07 Å². The molecule has 2 rings (SSSR count). The number of nitrogens with zero attached hydrogens (tertiary/aromatic N) is 1. The largest absolute Gasteiger partial charge is 0.488 e. The molecule has 4 heteroatoms. The maximum absolute atomic E-state index is 9.15. The zero-order valence-electron chi connectivity index (χ0n) is 10.3. The minimum atomic E-state index is -1.37. The summed E-state index contributed by atoms with van der Waals surface area (Å²) < 4.78 is 0. The summed E-state index contributed by atoms with van der Waals surface area (Å²) in [4.78, 5) is 2.49. The molecule has 0 spiro atoms. The van der Waals surface area contributed by atoms with Crippen molar-refractivity contribution in [3.63, 3.8) is 0 Å². The Hall–Kier alpha value is -0.835. The molecular weight excluding hydrogens is 213 g/mol. The molecule has 0 heterocycles. The molecule has 1 aliphatic carbocycles. The molecule has 1 fully saturated rings. The molecule has 0 aromatic heterocycles. The molecule has 0 radical (unpaired) electrons. The van der Waals surface area contributed by atoms with Crippen LogP contribution in [0, 0.1) is 0 Å². The van der Waals surface area contributed by atoms with Crippen LogP contribution in [0.2, 0.25) is 0 Å². The lowest BCUT2D eigenvalue weighted by Crippen LogP contribution is -2.31. The monoisotopic (exact) mass is 233 g/mol. The molecule has 0 amide bonds. The van der Waals surface area contributed by atoms with Crippen LogP contribution in [-0.4, -0.2) is 34.7 Å². The van der Waals surface area contributed by atoms with Gasteiger partial charge in [0.2, 0.25) is 0 Å². The first kappa shape index (κ1) is 12.6. The molecule has 0 unspecified atom stereocenters. The average molecular weight is 233 g/mol. The Kier molecular flexibility index (Phi) is 4.21. The van der Waals surface area contributed by atoms with Gasteiger partial charge in [-0.05, 0) is 36.8 Å². The molecule has 92 valence electrons. The van der Waals surface area contributed by atoms with E-state index in [4.69, 9.17) is 10.0 Å². The van der Waals surface area contributed by atoms with Crippen molar-refractivity contribution in [2.45, 2.75) is 38.8 Å². The number of hydrogen-bond acceptors (Lipinski definition) is 3. The highest BCUT2D eigenvalue weighted by Gasteiger charge is 2.28. The minimum absolute atomic E-state index is 0.578. The fraction of sp³-hybridized carbons (Fsp3) is 0.538. The van der Waals surface area contributed by atoms with E-state index < -0.39 is 7.12 Å². The molecule has 1 saturated carbocycles. The lowest BCUT2D eigenvalue weighted by molar-refractivity contribution is 0.255. The SMILES string of the molecule is CCCN(Cc1cccc(B(O)O)c1)C1CC1. The molecule has 1 aromatic carbocycles. The first-order valence-electron chi connectivity index (χ1n) is 6.39. The number of rotatable bonds is 6. The lowest BCUT2D eigenvalue weighted by atomic mass is 9.79. The van der Waals surface area contributed by atoms with Crippen molar-refractivity contribution >= 4 is 12.6 Å². The Balaban J connectivity index is 2.03. The van der Waals surface area contributed by atoms with Crippen molar-refractivity contribution in [3.05, 3.63) is 29.8 Å². The molecule has 1 aromatic rings. The molecule has 1 aliphatic rings. The van der Waals surface area contributed by atoms with Gasteiger partial charge < -0.3 is 10.0 Å². The van der Waals surface area contributed by atoms with Gasteiger partial charge in [0.15, 0.2) is 0 Å². The summed E-state index contributed by atoms with van der Waals surface area (Å²) in [6.07, 6.45) is 3.78. The molecule has 0 saturated heterocycles. The molecule has 2 N–H and O–H groups in total. The number of hydrogen-bond donors (Lipinski definition) is 2. The van der Waals surface area contributed by atoms with Crippen LogP contribution >= 0.6 is 0 Å². The Labute approximate surface area is 103 Å². The predicted molar refractivity (Wildman–Crippen MR) is 70.0 cm³/mol. The Morgan fingerprint density at radius 3 is 2.71 bits per heavy atom. The first-order valence-corrected chi connectivity index (χ1v) is 6.39. The maximum Gasteiger partial charge on any atom is 0.488 e. The van der Waals surface area contributed by atoms with Crippen LogP contribution < -0.4 is 5.46 Å². The lowest BCUT2D eigenvalue weighted by Gasteiger charge is -2.21. The Morgan fingerprint density at radius 1 is 1.35 bits per heavy atom. The van der Waals surface area contributed by atoms with Crippen molar-refractivity contribution in [1.29, 1.82) is 0 Å². The summed E-state index contributed by atoms with van der Waals surface area (Å²) in [5.41, 5.74) is 1.74. The van der Waals surface area contributed by atoms with E-state index in [0.717, 1.165) is 24.7 Å². The maximum atomic E-state index is 9.15. The quantitative estimate of drug-likeness (QED) is 0.712. The second-order valence-corrected chi connectivity index (χ2v) is 4.82. The summed E-state index contributed by atoms with van der Waals surface area (Å²) in [7, 11) is -1.37. The van der Waals surface area contributed by atoms with Gasteiger partial charge in [-0.3, -0.25) is 4.90 Å². The second-order valence-electron chi connectivity index (χ2n) is 4.82. The first-order chi connectivity index (χ1) is 8.20. The predicted octanol–water partition coefficient (Wildman–Crippen LogP) is 0.741. The summed E-state index contributed by atoms with van der Waals surface area (Å²) in [5, 5.41) is 18.3. The molecule has 0 bridgehead atoms. The third-order valence-corrected chi connectivity index (χ3v) is 3.21. The van der Waals surface area contributed by atoms with E-state index in [-0.39, 0.29) is 0 Å². The van der Waals surface area contributed by atoms with Crippen molar-refractivity contribution in [2.75, 3.05) is 6.54 Å². The van der Waals surface area contributed by atoms with E-state index in [1.807, 2.05) is 12.1 Å². The highest BCUT2D eigenvalue weighted by atomic mass is 16.4. The molecular formula is C13H20BNO2. The summed E-state index contributed by atoms with van der Waals surface area (Å²) >= 11 is 0. The van der Waals surface area contributed by atoms with Crippen LogP contribution in [0.3, 0.4) is 0 Å². The zero-order valence-corrected chi connectivity index (χ0v) is 10.3. The van der Waals surface area contributed by atoms with Gasteiger partial charge in [-0.25, -0.2) is 0 Å². The van der Waals surface area contributed by atoms with E-state index in [2.05, 4.69) is 17.9 Å². The van der Waals surface area contributed by atoms with Gasteiger partial charge in [-0.2, -0.15) is 0 Å². The van der Waals surface area contributed by atoms with Gasteiger partial charge in [0, 0.05) is 12.6 Å². The fourth-order valence-corrected chi connectivity index (χ4v) is 2.20. The molecule has 3 nitrogen and oxygen atoms in total. The zero-order chi connectivity index (χ0) is 12.3. The van der Waals surface area contributed by atoms with Crippen LogP contribution in [0.5, 0.6) is 0 Å². The van der Waals surface area contributed by atoms with E-state index in [9.17, 15) is 0 Å². The van der Waals surface area contributed by atoms with Crippen LogP contribution in [-0.2, 0) is 6.54 Å². The third kappa shape index (κ3) is 3.56. The summed E-state index contributed by atoms with van der Waals surface area (Å²) in [6, 6.07) is 8.32. The highest BCUT2D eigenvalue weighted by Crippen LogP contribution is 2.28. The normalized spacial score (nSPS) is 15.3. The van der Waals surface area contributed by atoms with E-state index in [0.29, 0.717) is 5.46 Å². The van der Waals surface area contributed by atoms with Gasteiger partial charge in [0.1, 0.15) is 0 Å². The summed E-state index contributed by atoms with van der Waals surface area (Å²) in [5.74, 6) is 0. The minimum Gasteiger partial charge on any atom is -0.423 e. The molecule has 17 heavy (non-hydrogen) atoms. The topological polar surface area (TPSA) is 43.7 Å². The van der Waals surface area contributed by atoms with Gasteiger partial charge in [0.25, 0.3) is 0 Å². The van der Waals surface area contributed by atoms with Crippen molar-refractivity contribution in [2.24, 2.45) is 0 Å². The average Bonchev–Trinajstić information content (AvgIpc) is 3.13. The van der Waals surface area contributed by atoms with E-state index >= 15 is 0 Å². The standard InChI is InChI=1S/C13H20BNO2/c1-2-8-15(13-6-7-13)10-11-4-3-5-12(9-11)14(16)17/h3-5,9,13,16-17H,2,6-8,10H2,1H3. The molecule has 0 atom stereocenters. The van der Waals surface area contributed by atoms with Crippen LogP contribution in [0.15, 0.2) is 24.3 Å². The van der Waals surface area contributed by atoms with Crippen LogP contribution in [0.4, 0.5) is 0 Å². The highest BCUT2D eigenvalue weighted by molar-refractivity contribution is 6.58. The fourth-order valence-electron chi connectivity index (χ4n) is 2.20. The van der Waals surface area contributed by atoms with Gasteiger partial charge >= 0.3 is 7.12 Å². The number of benzene rings is 1. The van der Waals surface area contributed by atoms with Crippen molar-refractivity contribution in [3.8, 4) is 0 Å². The third-order valence-electron chi connectivity index (χ3n) is 3.21. The van der Waals surface area contributed by atoms with Crippen molar-refractivity contribution < 1.29 is 10.0 Å². The van der Waals surface area contributed by atoms with E-state index in [1.165, 1.54) is 19.3 Å². The summed E-state index contributed by atoms with van der Waals surface area (Å²) in [6.45, 7) is 4.24. The van der Waals surface area contributed by atoms with Crippen molar-refractivity contribution in [1.82, 2.24) is 4.90 Å². The van der Waals surface area contributed by atoms with Gasteiger partial charge in [-0.15, -0.1) is 0 Å². The smallest absolute Gasteiger partial charge is 0.423 e. The van der Waals surface area contributed by atoms with Gasteiger partial charge in [0.05, 0.1) is 0 Å².